The van der Waals surface area contributed by atoms with E-state index >= 15 is 0 Å². The Kier molecular flexibility index (Phi) is 4.20. The first-order valence-corrected chi connectivity index (χ1v) is 7.90. The molecule has 1 aromatic carbocycles. The standard InChI is InChI=1S/C13H18BrNS/c1-10-3-4-13(12(7-10)8-14)15-5-6-16-11(2)9-15/h3-4,7,11H,5-6,8-9H2,1-2H3. The molecule has 1 aliphatic rings. The van der Waals surface area contributed by atoms with E-state index in [1.54, 1.807) is 0 Å². The number of aryl methyl sites for hydroxylation is 1. The van der Waals surface area contributed by atoms with Crippen LogP contribution < -0.4 is 4.90 Å². The average Bonchev–Trinajstić information content (AvgIpc) is 2.28. The molecule has 0 radical (unpaired) electrons. The maximum atomic E-state index is 3.59. The molecule has 88 valence electrons. The first-order valence-electron chi connectivity index (χ1n) is 5.72. The Morgan fingerprint density at radius 2 is 2.31 bits per heavy atom. The lowest BCUT2D eigenvalue weighted by atomic mass is 10.1. The molecule has 1 heterocycles. The second kappa shape index (κ2) is 5.46. The minimum Gasteiger partial charge on any atom is -0.369 e. The van der Waals surface area contributed by atoms with Crippen molar-refractivity contribution < 1.29 is 0 Å². The quantitative estimate of drug-likeness (QED) is 0.764. The van der Waals surface area contributed by atoms with Gasteiger partial charge in [0, 0.05) is 35.1 Å². The molecular formula is C13H18BrNS. The van der Waals surface area contributed by atoms with E-state index in [2.05, 4.69) is 64.6 Å². The van der Waals surface area contributed by atoms with E-state index in [0.717, 1.165) is 10.6 Å². The number of halogens is 1. The monoisotopic (exact) mass is 299 g/mol. The number of benzene rings is 1. The molecule has 0 aliphatic carbocycles. The highest BCUT2D eigenvalue weighted by atomic mass is 79.9. The summed E-state index contributed by atoms with van der Waals surface area (Å²) in [4.78, 5) is 2.52. The Morgan fingerprint density at radius 3 is 3.00 bits per heavy atom. The van der Waals surface area contributed by atoms with Crippen LogP contribution in [0.15, 0.2) is 18.2 Å². The van der Waals surface area contributed by atoms with Crippen LogP contribution in [0, 0.1) is 6.92 Å². The van der Waals surface area contributed by atoms with Gasteiger partial charge in [0.2, 0.25) is 0 Å². The molecule has 0 amide bonds. The van der Waals surface area contributed by atoms with Gasteiger partial charge in [0.05, 0.1) is 0 Å². The zero-order valence-corrected chi connectivity index (χ0v) is 12.3. The molecule has 3 heteroatoms. The van der Waals surface area contributed by atoms with Crippen molar-refractivity contribution in [1.82, 2.24) is 0 Å². The third-order valence-corrected chi connectivity index (χ3v) is 4.70. The van der Waals surface area contributed by atoms with Gasteiger partial charge < -0.3 is 4.90 Å². The highest BCUT2D eigenvalue weighted by Gasteiger charge is 2.18. The largest absolute Gasteiger partial charge is 0.369 e. The van der Waals surface area contributed by atoms with Crippen LogP contribution in [0.5, 0.6) is 0 Å². The van der Waals surface area contributed by atoms with Gasteiger partial charge >= 0.3 is 0 Å². The van der Waals surface area contributed by atoms with Gasteiger partial charge in [-0.2, -0.15) is 11.8 Å². The summed E-state index contributed by atoms with van der Waals surface area (Å²) in [5.74, 6) is 1.25. The fraction of sp³-hybridized carbons (Fsp3) is 0.538. The van der Waals surface area contributed by atoms with Crippen LogP contribution in [0.2, 0.25) is 0 Å². The average molecular weight is 300 g/mol. The smallest absolute Gasteiger partial charge is 0.0408 e. The van der Waals surface area contributed by atoms with Crippen LogP contribution in [0.25, 0.3) is 0 Å². The first-order chi connectivity index (χ1) is 7.70. The van der Waals surface area contributed by atoms with E-state index in [1.165, 1.54) is 35.7 Å². The molecule has 1 aliphatic heterocycles. The molecule has 1 nitrogen and oxygen atoms in total. The summed E-state index contributed by atoms with van der Waals surface area (Å²) in [6, 6.07) is 6.78. The number of rotatable bonds is 2. The van der Waals surface area contributed by atoms with Gasteiger partial charge in [0.1, 0.15) is 0 Å². The van der Waals surface area contributed by atoms with Crippen LogP contribution >= 0.6 is 27.7 Å². The van der Waals surface area contributed by atoms with Crippen molar-refractivity contribution in [2.45, 2.75) is 24.4 Å². The van der Waals surface area contributed by atoms with Crippen LogP contribution in [-0.4, -0.2) is 24.1 Å². The van der Waals surface area contributed by atoms with Crippen LogP contribution in [0.1, 0.15) is 18.1 Å². The molecule has 0 bridgehead atoms. The molecule has 0 aromatic heterocycles. The van der Waals surface area contributed by atoms with Crippen molar-refractivity contribution in [1.29, 1.82) is 0 Å². The third kappa shape index (κ3) is 2.75. The number of hydrogen-bond acceptors (Lipinski definition) is 2. The lowest BCUT2D eigenvalue weighted by molar-refractivity contribution is 0.780. The normalized spacial score (nSPS) is 21.2. The molecule has 1 atom stereocenters. The summed E-state index contributed by atoms with van der Waals surface area (Å²) in [5.41, 5.74) is 4.17. The van der Waals surface area contributed by atoms with Crippen molar-refractivity contribution in [2.75, 3.05) is 23.7 Å². The molecule has 1 saturated heterocycles. The van der Waals surface area contributed by atoms with Crippen molar-refractivity contribution in [3.8, 4) is 0 Å². The van der Waals surface area contributed by atoms with Crippen LogP contribution in [0.3, 0.4) is 0 Å². The molecule has 0 N–H and O–H groups in total. The lowest BCUT2D eigenvalue weighted by Gasteiger charge is -2.33. The molecule has 2 rings (SSSR count). The molecule has 1 unspecified atom stereocenters. The van der Waals surface area contributed by atoms with Gasteiger partial charge in [0.25, 0.3) is 0 Å². The van der Waals surface area contributed by atoms with Gasteiger partial charge in [-0.1, -0.05) is 40.5 Å². The highest BCUT2D eigenvalue weighted by molar-refractivity contribution is 9.08. The fourth-order valence-electron chi connectivity index (χ4n) is 2.17. The van der Waals surface area contributed by atoms with Gasteiger partial charge in [-0.05, 0) is 18.6 Å². The molecular weight excluding hydrogens is 282 g/mol. The number of alkyl halides is 1. The number of thioether (sulfide) groups is 1. The number of anilines is 1. The van der Waals surface area contributed by atoms with Crippen molar-refractivity contribution in [3.63, 3.8) is 0 Å². The van der Waals surface area contributed by atoms with Crippen molar-refractivity contribution in [2.24, 2.45) is 0 Å². The summed E-state index contributed by atoms with van der Waals surface area (Å²) in [6.07, 6.45) is 0. The molecule has 1 aromatic rings. The number of hydrogen-bond donors (Lipinski definition) is 0. The van der Waals surface area contributed by atoms with Crippen molar-refractivity contribution in [3.05, 3.63) is 29.3 Å². The second-order valence-electron chi connectivity index (χ2n) is 4.39. The maximum Gasteiger partial charge on any atom is 0.0408 e. The second-order valence-corrected chi connectivity index (χ2v) is 6.50. The summed E-state index contributed by atoms with van der Waals surface area (Å²) >= 11 is 5.67. The fourth-order valence-corrected chi connectivity index (χ4v) is 3.63. The third-order valence-electron chi connectivity index (χ3n) is 2.96. The van der Waals surface area contributed by atoms with E-state index < -0.39 is 0 Å². The van der Waals surface area contributed by atoms with Crippen LogP contribution in [0.4, 0.5) is 5.69 Å². The Hall–Kier alpha value is -0.150. The maximum absolute atomic E-state index is 3.59. The SMILES string of the molecule is Cc1ccc(N2CCSC(C)C2)c(CBr)c1. The Bertz CT molecular complexity index is 367. The summed E-state index contributed by atoms with van der Waals surface area (Å²) in [7, 11) is 0. The van der Waals surface area contributed by atoms with Gasteiger partial charge in [-0.3, -0.25) is 0 Å². The highest BCUT2D eigenvalue weighted by Crippen LogP contribution is 2.28. The van der Waals surface area contributed by atoms with E-state index in [0.29, 0.717) is 0 Å². The summed E-state index contributed by atoms with van der Waals surface area (Å²) in [6.45, 7) is 6.83. The van der Waals surface area contributed by atoms with Gasteiger partial charge in [0.15, 0.2) is 0 Å². The van der Waals surface area contributed by atoms with Crippen LogP contribution in [-0.2, 0) is 5.33 Å². The summed E-state index contributed by atoms with van der Waals surface area (Å²) < 4.78 is 0. The van der Waals surface area contributed by atoms with Crippen molar-refractivity contribution >= 4 is 33.4 Å². The molecule has 0 spiro atoms. The predicted molar refractivity (Wildman–Crippen MR) is 77.9 cm³/mol. The minimum atomic E-state index is 0.748. The number of nitrogens with zero attached hydrogens (tertiary/aromatic N) is 1. The first kappa shape index (κ1) is 12.3. The summed E-state index contributed by atoms with van der Waals surface area (Å²) in [5, 5.41) is 1.69. The van der Waals surface area contributed by atoms with E-state index in [1.807, 2.05) is 0 Å². The molecule has 16 heavy (non-hydrogen) atoms. The van der Waals surface area contributed by atoms with E-state index in [-0.39, 0.29) is 0 Å². The zero-order valence-electron chi connectivity index (χ0n) is 9.87. The van der Waals surface area contributed by atoms with E-state index in [4.69, 9.17) is 0 Å². The minimum absolute atomic E-state index is 0.748. The van der Waals surface area contributed by atoms with E-state index in [9.17, 15) is 0 Å². The van der Waals surface area contributed by atoms with Gasteiger partial charge in [-0.25, -0.2) is 0 Å². The lowest BCUT2D eigenvalue weighted by Crippen LogP contribution is -2.37. The predicted octanol–water partition coefficient (Wildman–Crippen LogP) is 3.83. The van der Waals surface area contributed by atoms with Gasteiger partial charge in [-0.15, -0.1) is 0 Å². The molecule has 1 fully saturated rings. The molecule has 0 saturated carbocycles. The topological polar surface area (TPSA) is 3.24 Å². The Balaban J connectivity index is 2.24. The Morgan fingerprint density at radius 1 is 1.50 bits per heavy atom. The zero-order chi connectivity index (χ0) is 11.5. The Labute approximate surface area is 111 Å².